The SMILES string of the molecule is CN(Cc1ccc(C(F)(F)F)c(F)c1)[C@H]1CN(C(=O)OCCCC#N)C[C@@H]1c1ccc(Cl)c(Cl)c1. The molecular formula is C24H23Cl2F4N3O2. The first kappa shape index (κ1) is 27.1. The number of unbranched alkanes of at least 4 members (excludes halogenated alkanes) is 1. The first-order valence-electron chi connectivity index (χ1n) is 10.8. The molecule has 0 N–H and O–H groups in total. The quantitative estimate of drug-likeness (QED) is 0.302. The second-order valence-electron chi connectivity index (χ2n) is 8.36. The fourth-order valence-corrected chi connectivity index (χ4v) is 4.45. The molecule has 0 unspecified atom stereocenters. The summed E-state index contributed by atoms with van der Waals surface area (Å²) in [4.78, 5) is 16.0. The van der Waals surface area contributed by atoms with Gasteiger partial charge in [0.25, 0.3) is 0 Å². The van der Waals surface area contributed by atoms with Crippen molar-refractivity contribution in [1.82, 2.24) is 9.80 Å². The Labute approximate surface area is 210 Å². The van der Waals surface area contributed by atoms with Gasteiger partial charge in [0.05, 0.1) is 28.3 Å². The molecule has 2 aromatic carbocycles. The van der Waals surface area contributed by atoms with E-state index < -0.39 is 23.7 Å². The number of nitrogens with zero attached hydrogens (tertiary/aromatic N) is 3. The molecule has 5 nitrogen and oxygen atoms in total. The molecule has 11 heteroatoms. The summed E-state index contributed by atoms with van der Waals surface area (Å²) in [6.07, 6.45) is -4.60. The van der Waals surface area contributed by atoms with E-state index in [1.165, 1.54) is 11.0 Å². The minimum atomic E-state index is -4.77. The molecule has 1 amide bonds. The predicted molar refractivity (Wildman–Crippen MR) is 124 cm³/mol. The summed E-state index contributed by atoms with van der Waals surface area (Å²) in [7, 11) is 1.76. The third-order valence-corrected chi connectivity index (χ3v) is 6.65. The van der Waals surface area contributed by atoms with Gasteiger partial charge < -0.3 is 9.64 Å². The second-order valence-corrected chi connectivity index (χ2v) is 9.17. The van der Waals surface area contributed by atoms with Crippen LogP contribution in [0.3, 0.4) is 0 Å². The highest BCUT2D eigenvalue weighted by Gasteiger charge is 2.39. The molecule has 188 valence electrons. The van der Waals surface area contributed by atoms with E-state index in [9.17, 15) is 22.4 Å². The smallest absolute Gasteiger partial charge is 0.419 e. The normalized spacial score (nSPS) is 18.1. The van der Waals surface area contributed by atoms with Crippen molar-refractivity contribution >= 4 is 29.3 Å². The molecule has 0 aromatic heterocycles. The molecule has 0 bridgehead atoms. The number of likely N-dealkylation sites (N-methyl/N-ethyl adjacent to an activating group) is 1. The van der Waals surface area contributed by atoms with Crippen LogP contribution in [0, 0.1) is 17.1 Å². The summed E-state index contributed by atoms with van der Waals surface area (Å²) in [5.74, 6) is -1.54. The monoisotopic (exact) mass is 531 g/mol. The largest absolute Gasteiger partial charge is 0.449 e. The molecule has 1 saturated heterocycles. The average molecular weight is 532 g/mol. The van der Waals surface area contributed by atoms with E-state index in [0.29, 0.717) is 28.6 Å². The van der Waals surface area contributed by atoms with Gasteiger partial charge in [-0.15, -0.1) is 0 Å². The molecule has 1 heterocycles. The molecule has 1 fully saturated rings. The van der Waals surface area contributed by atoms with Crippen molar-refractivity contribution in [2.75, 3.05) is 26.7 Å². The van der Waals surface area contributed by atoms with Crippen LogP contribution in [0.15, 0.2) is 36.4 Å². The van der Waals surface area contributed by atoms with Gasteiger partial charge in [-0.1, -0.05) is 35.3 Å². The number of hydrogen-bond acceptors (Lipinski definition) is 4. The third-order valence-electron chi connectivity index (χ3n) is 5.91. The van der Waals surface area contributed by atoms with Crippen LogP contribution in [0.2, 0.25) is 10.0 Å². The molecule has 0 spiro atoms. The number of nitriles is 1. The van der Waals surface area contributed by atoms with Gasteiger partial charge in [-0.05, 0) is 48.9 Å². The summed E-state index contributed by atoms with van der Waals surface area (Å²) in [6.45, 7) is 0.862. The van der Waals surface area contributed by atoms with Gasteiger partial charge in [0.15, 0.2) is 0 Å². The standard InChI is InChI=1S/C24H23Cl2F4N3O2/c1-32(12-15-4-6-18(21(27)10-15)24(28,29)30)22-14-33(23(34)35-9-3-2-8-31)13-17(22)16-5-7-19(25)20(26)11-16/h4-7,10-11,17,22H,2-3,9,12-14H2,1H3/t17-,22+/m1/s1. The van der Waals surface area contributed by atoms with E-state index in [1.54, 1.807) is 25.2 Å². The topological polar surface area (TPSA) is 56.6 Å². The maximum absolute atomic E-state index is 14.1. The minimum absolute atomic E-state index is 0.117. The molecule has 3 rings (SSSR count). The molecule has 0 aliphatic carbocycles. The van der Waals surface area contributed by atoms with Crippen molar-refractivity contribution in [2.45, 2.75) is 37.5 Å². The lowest BCUT2D eigenvalue weighted by atomic mass is 9.93. The number of carbonyl (C=O) groups excluding carboxylic acids is 1. The van der Waals surface area contributed by atoms with Crippen LogP contribution in [0.25, 0.3) is 0 Å². The zero-order chi connectivity index (χ0) is 25.8. The Morgan fingerprint density at radius 1 is 1.20 bits per heavy atom. The van der Waals surface area contributed by atoms with Crippen molar-refractivity contribution < 1.29 is 27.1 Å². The Kier molecular flexibility index (Phi) is 8.86. The van der Waals surface area contributed by atoms with Crippen molar-refractivity contribution in [3.63, 3.8) is 0 Å². The first-order chi connectivity index (χ1) is 16.5. The maximum Gasteiger partial charge on any atom is 0.419 e. The van der Waals surface area contributed by atoms with E-state index >= 15 is 0 Å². The number of ether oxygens (including phenoxy) is 1. The lowest BCUT2D eigenvalue weighted by Gasteiger charge is -2.29. The molecule has 2 aromatic rings. The zero-order valence-corrected chi connectivity index (χ0v) is 20.3. The van der Waals surface area contributed by atoms with Gasteiger partial charge in [-0.25, -0.2) is 9.18 Å². The number of halogens is 6. The number of alkyl halides is 3. The van der Waals surface area contributed by atoms with E-state index in [4.69, 9.17) is 33.2 Å². The second kappa shape index (κ2) is 11.5. The van der Waals surface area contributed by atoms with Gasteiger partial charge >= 0.3 is 12.3 Å². The highest BCUT2D eigenvalue weighted by atomic mass is 35.5. The van der Waals surface area contributed by atoms with Gasteiger partial charge in [-0.3, -0.25) is 4.90 Å². The molecule has 35 heavy (non-hydrogen) atoms. The molecule has 0 radical (unpaired) electrons. The van der Waals surface area contributed by atoms with Crippen molar-refractivity contribution in [2.24, 2.45) is 0 Å². The van der Waals surface area contributed by atoms with Crippen LogP contribution in [0.5, 0.6) is 0 Å². The van der Waals surface area contributed by atoms with Gasteiger partial charge in [0.2, 0.25) is 0 Å². The van der Waals surface area contributed by atoms with Crippen molar-refractivity contribution in [1.29, 1.82) is 5.26 Å². The van der Waals surface area contributed by atoms with Crippen LogP contribution in [-0.4, -0.2) is 48.7 Å². The van der Waals surface area contributed by atoms with Gasteiger partial charge in [-0.2, -0.15) is 18.4 Å². The number of hydrogen-bond donors (Lipinski definition) is 0. The Hall–Kier alpha value is -2.54. The lowest BCUT2D eigenvalue weighted by molar-refractivity contribution is -0.140. The number of benzene rings is 2. The zero-order valence-electron chi connectivity index (χ0n) is 18.8. The highest BCUT2D eigenvalue weighted by Crippen LogP contribution is 2.36. The third kappa shape index (κ3) is 6.78. The number of likely N-dealkylation sites (tertiary alicyclic amines) is 1. The molecule has 1 aliphatic heterocycles. The van der Waals surface area contributed by atoms with Crippen molar-refractivity contribution in [3.05, 3.63) is 69.0 Å². The number of amides is 1. The summed E-state index contributed by atoms with van der Waals surface area (Å²) >= 11 is 12.3. The summed E-state index contributed by atoms with van der Waals surface area (Å²) in [6, 6.07) is 9.76. The summed E-state index contributed by atoms with van der Waals surface area (Å²) in [5.41, 5.74) is -0.123. The summed E-state index contributed by atoms with van der Waals surface area (Å²) < 4.78 is 58.1. The Morgan fingerprint density at radius 3 is 2.57 bits per heavy atom. The maximum atomic E-state index is 14.1. The number of rotatable bonds is 7. The van der Waals surface area contributed by atoms with E-state index in [2.05, 4.69) is 0 Å². The molecule has 1 aliphatic rings. The van der Waals surface area contributed by atoms with Crippen LogP contribution < -0.4 is 0 Å². The van der Waals surface area contributed by atoms with Crippen LogP contribution in [0.1, 0.15) is 35.4 Å². The average Bonchev–Trinajstić information content (AvgIpc) is 3.23. The van der Waals surface area contributed by atoms with Crippen molar-refractivity contribution in [3.8, 4) is 6.07 Å². The fraction of sp³-hybridized carbons (Fsp3) is 0.417. The van der Waals surface area contributed by atoms with Crippen LogP contribution in [-0.2, 0) is 17.5 Å². The predicted octanol–water partition coefficient (Wildman–Crippen LogP) is 6.49. The highest BCUT2D eigenvalue weighted by molar-refractivity contribution is 6.42. The van der Waals surface area contributed by atoms with E-state index in [-0.39, 0.29) is 38.1 Å². The Morgan fingerprint density at radius 2 is 1.94 bits per heavy atom. The molecular weight excluding hydrogens is 509 g/mol. The van der Waals surface area contributed by atoms with Crippen LogP contribution >= 0.6 is 23.2 Å². The molecule has 0 saturated carbocycles. The minimum Gasteiger partial charge on any atom is -0.449 e. The van der Waals surface area contributed by atoms with E-state index in [0.717, 1.165) is 17.7 Å². The lowest BCUT2D eigenvalue weighted by Crippen LogP contribution is -2.38. The number of carbonyl (C=O) groups is 1. The Balaban J connectivity index is 1.80. The first-order valence-corrected chi connectivity index (χ1v) is 11.6. The fourth-order valence-electron chi connectivity index (χ4n) is 4.15. The van der Waals surface area contributed by atoms with Gasteiger partial charge in [0.1, 0.15) is 5.82 Å². The van der Waals surface area contributed by atoms with E-state index in [1.807, 2.05) is 11.0 Å². The van der Waals surface area contributed by atoms with Gasteiger partial charge in [0, 0.05) is 38.0 Å². The summed E-state index contributed by atoms with van der Waals surface area (Å²) in [5, 5.41) is 9.37. The molecule has 2 atom stereocenters. The van der Waals surface area contributed by atoms with Crippen LogP contribution in [0.4, 0.5) is 22.4 Å². The Bertz CT molecular complexity index is 1110.